The first-order valence-corrected chi connectivity index (χ1v) is 7.33. The zero-order valence-electron chi connectivity index (χ0n) is 12.2. The highest BCUT2D eigenvalue weighted by Gasteiger charge is 2.24. The van der Waals surface area contributed by atoms with Crippen molar-refractivity contribution < 1.29 is 14.3 Å². The van der Waals surface area contributed by atoms with E-state index in [0.29, 0.717) is 12.1 Å². The topological polar surface area (TPSA) is 40.5 Å². The van der Waals surface area contributed by atoms with Crippen LogP contribution in [0.25, 0.3) is 0 Å². The summed E-state index contributed by atoms with van der Waals surface area (Å²) in [7, 11) is 0. The van der Waals surface area contributed by atoms with E-state index in [9.17, 15) is 9.18 Å². The number of hydrogen-bond acceptors (Lipinski definition) is 2. The van der Waals surface area contributed by atoms with Crippen molar-refractivity contribution in [3.63, 3.8) is 0 Å². The molecule has 0 radical (unpaired) electrons. The summed E-state index contributed by atoms with van der Waals surface area (Å²) in [4.78, 5) is 14.5. The molecule has 1 aromatic rings. The molecular formula is C17H20FNO2. The second-order valence-corrected chi connectivity index (χ2v) is 5.35. The Morgan fingerprint density at radius 1 is 1.43 bits per heavy atom. The second-order valence-electron chi connectivity index (χ2n) is 5.35. The van der Waals surface area contributed by atoms with Crippen molar-refractivity contribution in [1.29, 1.82) is 0 Å². The first-order valence-electron chi connectivity index (χ1n) is 7.33. The van der Waals surface area contributed by atoms with Gasteiger partial charge < -0.3 is 10.0 Å². The minimum Gasteiger partial charge on any atom is -0.384 e. The molecule has 1 unspecified atom stereocenters. The normalized spacial score (nSPS) is 18.6. The molecule has 1 aromatic carbocycles. The second kappa shape index (κ2) is 7.24. The molecule has 21 heavy (non-hydrogen) atoms. The van der Waals surface area contributed by atoms with Gasteiger partial charge in [-0.15, -0.1) is 0 Å². The van der Waals surface area contributed by atoms with Gasteiger partial charge in [-0.3, -0.25) is 4.79 Å². The minimum atomic E-state index is -0.449. The van der Waals surface area contributed by atoms with Gasteiger partial charge in [0.25, 0.3) is 5.91 Å². The van der Waals surface area contributed by atoms with Gasteiger partial charge in [0.15, 0.2) is 0 Å². The fraction of sp³-hybridized carbons (Fsp3) is 0.471. The predicted octanol–water partition coefficient (Wildman–Crippen LogP) is 2.57. The molecule has 0 bridgehead atoms. The highest BCUT2D eigenvalue weighted by atomic mass is 19.1. The monoisotopic (exact) mass is 289 g/mol. The molecule has 1 amide bonds. The summed E-state index contributed by atoms with van der Waals surface area (Å²) in [6.45, 7) is 2.44. The molecule has 1 heterocycles. The number of carbonyl (C=O) groups is 1. The number of halogens is 1. The first kappa shape index (κ1) is 15.5. The van der Waals surface area contributed by atoms with Gasteiger partial charge in [-0.2, -0.15) is 0 Å². The Kier molecular flexibility index (Phi) is 5.35. The van der Waals surface area contributed by atoms with Crippen molar-refractivity contribution in [2.75, 3.05) is 13.2 Å². The lowest BCUT2D eigenvalue weighted by Gasteiger charge is -2.27. The molecule has 0 aliphatic carbocycles. The van der Waals surface area contributed by atoms with Crippen molar-refractivity contribution in [3.05, 3.63) is 35.1 Å². The van der Waals surface area contributed by atoms with Gasteiger partial charge in [0.1, 0.15) is 12.4 Å². The number of amides is 1. The van der Waals surface area contributed by atoms with Crippen LogP contribution in [-0.2, 0) is 0 Å². The van der Waals surface area contributed by atoms with Crippen LogP contribution in [0.2, 0.25) is 0 Å². The largest absolute Gasteiger partial charge is 0.384 e. The standard InChI is InChI=1S/C17H20FNO2/c1-13-6-3-2-4-10-19(13)17(21)16-12-15(18)9-8-14(16)7-5-11-20/h8-9,12-13,20H,2-4,6,10-11H2,1H3. The third-order valence-corrected chi connectivity index (χ3v) is 3.83. The SMILES string of the molecule is CC1CCCCCN1C(=O)c1cc(F)ccc1C#CCO. The summed E-state index contributed by atoms with van der Waals surface area (Å²) in [5, 5.41) is 8.80. The van der Waals surface area contributed by atoms with Crippen LogP contribution in [0.3, 0.4) is 0 Å². The molecule has 0 spiro atoms. The zero-order valence-corrected chi connectivity index (χ0v) is 12.2. The lowest BCUT2D eigenvalue weighted by molar-refractivity contribution is 0.0697. The Morgan fingerprint density at radius 3 is 3.00 bits per heavy atom. The summed E-state index contributed by atoms with van der Waals surface area (Å²) in [5.74, 6) is 4.62. The van der Waals surface area contributed by atoms with E-state index in [1.54, 1.807) is 0 Å². The maximum absolute atomic E-state index is 13.5. The van der Waals surface area contributed by atoms with Gasteiger partial charge in [0.2, 0.25) is 0 Å². The maximum atomic E-state index is 13.5. The molecule has 1 N–H and O–H groups in total. The Morgan fingerprint density at radius 2 is 2.24 bits per heavy atom. The average Bonchev–Trinajstić information content (AvgIpc) is 2.70. The van der Waals surface area contributed by atoms with Gasteiger partial charge in [0.05, 0.1) is 5.56 Å². The maximum Gasteiger partial charge on any atom is 0.255 e. The summed E-state index contributed by atoms with van der Waals surface area (Å²) in [5.41, 5.74) is 0.747. The van der Waals surface area contributed by atoms with E-state index in [2.05, 4.69) is 11.8 Å². The summed E-state index contributed by atoms with van der Waals surface area (Å²) in [6.07, 6.45) is 4.18. The van der Waals surface area contributed by atoms with E-state index in [-0.39, 0.29) is 24.1 Å². The molecule has 2 rings (SSSR count). The highest BCUT2D eigenvalue weighted by molar-refractivity contribution is 5.97. The van der Waals surface area contributed by atoms with E-state index >= 15 is 0 Å². The molecule has 112 valence electrons. The molecule has 1 fully saturated rings. The van der Waals surface area contributed by atoms with Crippen LogP contribution in [0.5, 0.6) is 0 Å². The number of nitrogens with zero attached hydrogens (tertiary/aromatic N) is 1. The summed E-state index contributed by atoms with van der Waals surface area (Å²) < 4.78 is 13.5. The number of hydrogen-bond donors (Lipinski definition) is 1. The van der Waals surface area contributed by atoms with Crippen LogP contribution < -0.4 is 0 Å². The van der Waals surface area contributed by atoms with Crippen LogP contribution in [-0.4, -0.2) is 35.1 Å². The van der Waals surface area contributed by atoms with Crippen molar-refractivity contribution >= 4 is 5.91 Å². The van der Waals surface area contributed by atoms with E-state index < -0.39 is 5.82 Å². The number of benzene rings is 1. The van der Waals surface area contributed by atoms with E-state index in [4.69, 9.17) is 5.11 Å². The van der Waals surface area contributed by atoms with Crippen LogP contribution in [0.1, 0.15) is 48.5 Å². The van der Waals surface area contributed by atoms with Gasteiger partial charge in [0, 0.05) is 18.2 Å². The van der Waals surface area contributed by atoms with Gasteiger partial charge >= 0.3 is 0 Å². The Labute approximate surface area is 124 Å². The fourth-order valence-electron chi connectivity index (χ4n) is 2.67. The van der Waals surface area contributed by atoms with Crippen LogP contribution in [0.4, 0.5) is 4.39 Å². The van der Waals surface area contributed by atoms with Crippen LogP contribution in [0.15, 0.2) is 18.2 Å². The van der Waals surface area contributed by atoms with Crippen molar-refractivity contribution in [3.8, 4) is 11.8 Å². The van der Waals surface area contributed by atoms with Crippen LogP contribution in [0, 0.1) is 17.7 Å². The third kappa shape index (κ3) is 3.83. The fourth-order valence-corrected chi connectivity index (χ4v) is 2.67. The lowest BCUT2D eigenvalue weighted by Crippen LogP contribution is -2.38. The van der Waals surface area contributed by atoms with Crippen molar-refractivity contribution in [2.24, 2.45) is 0 Å². The highest BCUT2D eigenvalue weighted by Crippen LogP contribution is 2.21. The van der Waals surface area contributed by atoms with Crippen molar-refractivity contribution in [1.82, 2.24) is 4.90 Å². The molecule has 1 aliphatic heterocycles. The minimum absolute atomic E-state index is 0.155. The Bertz CT molecular complexity index is 574. The molecule has 1 saturated heterocycles. The van der Waals surface area contributed by atoms with E-state index in [1.807, 2.05) is 11.8 Å². The number of likely N-dealkylation sites (tertiary alicyclic amines) is 1. The van der Waals surface area contributed by atoms with Gasteiger partial charge in [-0.1, -0.05) is 24.7 Å². The average molecular weight is 289 g/mol. The van der Waals surface area contributed by atoms with E-state index in [0.717, 1.165) is 25.7 Å². The lowest BCUT2D eigenvalue weighted by atomic mass is 10.0. The molecule has 1 aliphatic rings. The smallest absolute Gasteiger partial charge is 0.255 e. The summed E-state index contributed by atoms with van der Waals surface area (Å²) in [6, 6.07) is 4.17. The quantitative estimate of drug-likeness (QED) is 0.807. The Hall–Kier alpha value is -1.86. The Balaban J connectivity index is 2.34. The molecule has 1 atom stereocenters. The molecule has 4 heteroatoms. The first-order chi connectivity index (χ1) is 10.1. The summed E-state index contributed by atoms with van der Waals surface area (Å²) >= 11 is 0. The molecule has 3 nitrogen and oxygen atoms in total. The number of carbonyl (C=O) groups excluding carboxylic acids is 1. The molecule has 0 saturated carbocycles. The molecular weight excluding hydrogens is 269 g/mol. The van der Waals surface area contributed by atoms with Gasteiger partial charge in [-0.25, -0.2) is 4.39 Å². The third-order valence-electron chi connectivity index (χ3n) is 3.83. The predicted molar refractivity (Wildman–Crippen MR) is 79.3 cm³/mol. The van der Waals surface area contributed by atoms with Crippen molar-refractivity contribution in [2.45, 2.75) is 38.6 Å². The van der Waals surface area contributed by atoms with Crippen LogP contribution >= 0.6 is 0 Å². The van der Waals surface area contributed by atoms with Gasteiger partial charge in [-0.05, 0) is 38.0 Å². The van der Waals surface area contributed by atoms with E-state index in [1.165, 1.54) is 18.2 Å². The number of rotatable bonds is 1. The molecule has 0 aromatic heterocycles. The zero-order chi connectivity index (χ0) is 15.2. The number of aliphatic hydroxyl groups excluding tert-OH is 1. The number of aliphatic hydroxyl groups is 1.